The van der Waals surface area contributed by atoms with Crippen LogP contribution in [0.15, 0.2) is 67.5 Å². The molecule has 0 saturated heterocycles. The standard InChI is InChI=1S/C30H30N8/c1-19-17-38(18-34-19)30-25-12-28(35-26(25)8-9-33-30)29-24-11-22(6-7-27(24)36-37-29)23-10-21(15-32-16-23)14-31-13-20-4-2-3-5-20/h6-12,15-18,20,31,35H,2-5,13-14H2,1H3,(H,36,37). The van der Waals surface area contributed by atoms with Crippen LogP contribution in [0.3, 0.4) is 0 Å². The summed E-state index contributed by atoms with van der Waals surface area (Å²) < 4.78 is 1.96. The van der Waals surface area contributed by atoms with E-state index in [-0.39, 0.29) is 0 Å². The maximum atomic E-state index is 4.68. The van der Waals surface area contributed by atoms with Crippen LogP contribution in [0, 0.1) is 12.8 Å². The number of rotatable bonds is 7. The van der Waals surface area contributed by atoms with Gasteiger partial charge in [-0.15, -0.1) is 0 Å². The Bertz CT molecular complexity index is 1730. The van der Waals surface area contributed by atoms with Crippen molar-refractivity contribution >= 4 is 21.8 Å². The summed E-state index contributed by atoms with van der Waals surface area (Å²) in [4.78, 5) is 17.1. The van der Waals surface area contributed by atoms with Gasteiger partial charge in [-0.1, -0.05) is 18.9 Å². The molecule has 7 rings (SSSR count). The Labute approximate surface area is 220 Å². The van der Waals surface area contributed by atoms with Gasteiger partial charge in [0, 0.05) is 47.7 Å². The molecule has 0 bridgehead atoms. The van der Waals surface area contributed by atoms with E-state index in [9.17, 15) is 0 Å². The van der Waals surface area contributed by atoms with Gasteiger partial charge in [-0.25, -0.2) is 9.97 Å². The van der Waals surface area contributed by atoms with E-state index >= 15 is 0 Å². The first kappa shape index (κ1) is 22.9. The minimum atomic E-state index is 0.827. The van der Waals surface area contributed by atoms with Gasteiger partial charge in [0.05, 0.1) is 22.4 Å². The third-order valence-electron chi connectivity index (χ3n) is 7.67. The number of aryl methyl sites for hydroxylation is 1. The summed E-state index contributed by atoms with van der Waals surface area (Å²) in [6.45, 7) is 3.92. The maximum Gasteiger partial charge on any atom is 0.147 e. The van der Waals surface area contributed by atoms with Gasteiger partial charge in [0.15, 0.2) is 0 Å². The van der Waals surface area contributed by atoms with Gasteiger partial charge in [0.1, 0.15) is 17.8 Å². The second-order valence-corrected chi connectivity index (χ2v) is 10.4. The van der Waals surface area contributed by atoms with Crippen LogP contribution in [0.25, 0.3) is 50.1 Å². The SMILES string of the molecule is Cc1cn(-c2nccc3[nH]c(-c4n[nH]c5ccc(-c6cncc(CNCC7CCCC7)c6)cc45)cc23)cn1. The van der Waals surface area contributed by atoms with E-state index in [1.165, 1.54) is 31.2 Å². The van der Waals surface area contributed by atoms with Crippen LogP contribution < -0.4 is 5.32 Å². The van der Waals surface area contributed by atoms with E-state index in [1.807, 2.05) is 42.3 Å². The molecule has 8 nitrogen and oxygen atoms in total. The van der Waals surface area contributed by atoms with Gasteiger partial charge in [0.25, 0.3) is 0 Å². The molecule has 0 amide bonds. The van der Waals surface area contributed by atoms with E-state index in [0.29, 0.717) is 0 Å². The molecule has 0 unspecified atom stereocenters. The van der Waals surface area contributed by atoms with Crippen LogP contribution in [0.2, 0.25) is 0 Å². The number of fused-ring (bicyclic) bond motifs is 2. The van der Waals surface area contributed by atoms with E-state index in [4.69, 9.17) is 0 Å². The lowest BCUT2D eigenvalue weighted by molar-refractivity contribution is 0.489. The second-order valence-electron chi connectivity index (χ2n) is 10.4. The van der Waals surface area contributed by atoms with Crippen molar-refractivity contribution in [3.8, 4) is 28.3 Å². The fourth-order valence-electron chi connectivity index (χ4n) is 5.69. The zero-order valence-electron chi connectivity index (χ0n) is 21.4. The molecule has 38 heavy (non-hydrogen) atoms. The van der Waals surface area contributed by atoms with Gasteiger partial charge < -0.3 is 10.3 Å². The van der Waals surface area contributed by atoms with Crippen LogP contribution in [0.4, 0.5) is 0 Å². The van der Waals surface area contributed by atoms with Crippen molar-refractivity contribution in [3.05, 3.63) is 78.8 Å². The molecular weight excluding hydrogens is 472 g/mol. The molecule has 3 N–H and O–H groups in total. The van der Waals surface area contributed by atoms with Crippen molar-refractivity contribution in [1.82, 2.24) is 40.0 Å². The van der Waals surface area contributed by atoms with Crippen molar-refractivity contribution in [2.75, 3.05) is 6.54 Å². The van der Waals surface area contributed by atoms with Crippen molar-refractivity contribution in [1.29, 1.82) is 0 Å². The molecule has 1 fully saturated rings. The topological polar surface area (TPSA) is 100 Å². The number of aromatic nitrogens is 7. The average molecular weight is 503 g/mol. The highest BCUT2D eigenvalue weighted by Gasteiger charge is 2.16. The first-order valence-electron chi connectivity index (χ1n) is 13.3. The molecule has 1 aliphatic carbocycles. The van der Waals surface area contributed by atoms with Crippen molar-refractivity contribution in [2.45, 2.75) is 39.2 Å². The van der Waals surface area contributed by atoms with Gasteiger partial charge in [-0.05, 0) is 73.7 Å². The van der Waals surface area contributed by atoms with Crippen molar-refractivity contribution in [2.24, 2.45) is 5.92 Å². The summed E-state index contributed by atoms with van der Waals surface area (Å²) in [5.74, 6) is 1.67. The second kappa shape index (κ2) is 9.54. The Balaban J connectivity index is 1.20. The summed E-state index contributed by atoms with van der Waals surface area (Å²) >= 11 is 0. The smallest absolute Gasteiger partial charge is 0.147 e. The number of hydrogen-bond donors (Lipinski definition) is 3. The summed E-state index contributed by atoms with van der Waals surface area (Å²) in [6.07, 6.45) is 15.0. The molecule has 0 radical (unpaired) electrons. The predicted molar refractivity (Wildman–Crippen MR) is 150 cm³/mol. The number of benzene rings is 1. The molecule has 8 heteroatoms. The molecule has 190 valence electrons. The normalized spacial score (nSPS) is 14.2. The molecule has 0 spiro atoms. The maximum absolute atomic E-state index is 4.68. The number of pyridine rings is 2. The minimum absolute atomic E-state index is 0.827. The number of H-pyrrole nitrogens is 2. The van der Waals surface area contributed by atoms with E-state index in [1.54, 1.807) is 6.33 Å². The molecule has 5 aromatic heterocycles. The minimum Gasteiger partial charge on any atom is -0.353 e. The monoisotopic (exact) mass is 502 g/mol. The Hall–Kier alpha value is -4.30. The highest BCUT2D eigenvalue weighted by molar-refractivity contribution is 5.98. The van der Waals surface area contributed by atoms with Gasteiger partial charge in [-0.3, -0.25) is 14.6 Å². The van der Waals surface area contributed by atoms with E-state index in [0.717, 1.165) is 74.8 Å². The van der Waals surface area contributed by atoms with E-state index in [2.05, 4.69) is 65.8 Å². The zero-order chi connectivity index (χ0) is 25.5. The molecule has 5 heterocycles. The molecule has 1 aromatic carbocycles. The summed E-state index contributed by atoms with van der Waals surface area (Å²) in [5, 5.41) is 13.6. The lowest BCUT2D eigenvalue weighted by atomic mass is 10.0. The summed E-state index contributed by atoms with van der Waals surface area (Å²) in [6, 6.07) is 12.8. The van der Waals surface area contributed by atoms with Crippen LogP contribution >= 0.6 is 0 Å². The van der Waals surface area contributed by atoms with Crippen LogP contribution in [-0.4, -0.2) is 41.2 Å². The molecule has 6 aromatic rings. The first-order valence-corrected chi connectivity index (χ1v) is 13.3. The summed E-state index contributed by atoms with van der Waals surface area (Å²) in [7, 11) is 0. The van der Waals surface area contributed by atoms with E-state index < -0.39 is 0 Å². The quantitative estimate of drug-likeness (QED) is 0.251. The van der Waals surface area contributed by atoms with Crippen LogP contribution in [0.5, 0.6) is 0 Å². The number of aromatic amines is 2. The Morgan fingerprint density at radius 3 is 2.76 bits per heavy atom. The highest BCUT2D eigenvalue weighted by atomic mass is 15.1. The molecule has 1 saturated carbocycles. The zero-order valence-corrected chi connectivity index (χ0v) is 21.4. The van der Waals surface area contributed by atoms with Crippen molar-refractivity contribution in [3.63, 3.8) is 0 Å². The lowest BCUT2D eigenvalue weighted by Gasteiger charge is -2.11. The number of hydrogen-bond acceptors (Lipinski definition) is 5. The fraction of sp³-hybridized carbons (Fsp3) is 0.267. The predicted octanol–water partition coefficient (Wildman–Crippen LogP) is 5.94. The van der Waals surface area contributed by atoms with Crippen LogP contribution in [-0.2, 0) is 6.54 Å². The Kier molecular flexibility index (Phi) is 5.74. The third-order valence-corrected chi connectivity index (χ3v) is 7.67. The number of nitrogens with one attached hydrogen (secondary N) is 3. The molecular formula is C30H30N8. The first-order chi connectivity index (χ1) is 18.7. The Morgan fingerprint density at radius 2 is 1.89 bits per heavy atom. The fourth-order valence-corrected chi connectivity index (χ4v) is 5.69. The van der Waals surface area contributed by atoms with Gasteiger partial charge in [-0.2, -0.15) is 5.10 Å². The van der Waals surface area contributed by atoms with Crippen LogP contribution in [0.1, 0.15) is 36.9 Å². The Morgan fingerprint density at radius 1 is 0.974 bits per heavy atom. The van der Waals surface area contributed by atoms with Crippen molar-refractivity contribution < 1.29 is 0 Å². The molecule has 1 aliphatic rings. The number of imidazole rings is 1. The average Bonchev–Trinajstić information content (AvgIpc) is 3.74. The third kappa shape index (κ3) is 4.26. The molecule has 0 atom stereocenters. The lowest BCUT2D eigenvalue weighted by Crippen LogP contribution is -2.20. The molecule has 0 aliphatic heterocycles. The number of nitrogens with zero attached hydrogens (tertiary/aromatic N) is 5. The van der Waals surface area contributed by atoms with Gasteiger partial charge in [0.2, 0.25) is 0 Å². The van der Waals surface area contributed by atoms with Gasteiger partial charge >= 0.3 is 0 Å². The largest absolute Gasteiger partial charge is 0.353 e. The highest BCUT2D eigenvalue weighted by Crippen LogP contribution is 2.33. The summed E-state index contributed by atoms with van der Waals surface area (Å²) in [5.41, 5.74) is 8.21.